The number of aliphatic hydroxyl groups excluding tert-OH is 1. The highest BCUT2D eigenvalue weighted by atomic mass is 19.1. The Morgan fingerprint density at radius 1 is 1.48 bits per heavy atom. The zero-order valence-electron chi connectivity index (χ0n) is 14.4. The first-order chi connectivity index (χ1) is 11.9. The van der Waals surface area contributed by atoms with Gasteiger partial charge in [0.2, 0.25) is 17.6 Å². The number of aryl methyl sites for hydroxylation is 2. The van der Waals surface area contributed by atoms with Crippen molar-refractivity contribution >= 4 is 5.91 Å². The van der Waals surface area contributed by atoms with Crippen molar-refractivity contribution in [2.24, 2.45) is 5.92 Å². The van der Waals surface area contributed by atoms with E-state index in [1.807, 2.05) is 6.92 Å². The molecule has 0 radical (unpaired) electrons. The van der Waals surface area contributed by atoms with E-state index in [4.69, 9.17) is 4.52 Å². The van der Waals surface area contributed by atoms with E-state index in [1.54, 1.807) is 24.0 Å². The Kier molecular flexibility index (Phi) is 5.13. The number of β-amino-alcohol motifs (C(OH)–C–C–N with tert-alkyl or cyclic N) is 1. The minimum Gasteiger partial charge on any atom is -0.391 e. The molecule has 134 valence electrons. The van der Waals surface area contributed by atoms with Crippen molar-refractivity contribution in [2.45, 2.75) is 39.2 Å². The third kappa shape index (κ3) is 4.04. The summed E-state index contributed by atoms with van der Waals surface area (Å²) < 4.78 is 18.8. The summed E-state index contributed by atoms with van der Waals surface area (Å²) >= 11 is 0. The Morgan fingerprint density at radius 2 is 2.28 bits per heavy atom. The lowest BCUT2D eigenvalue weighted by atomic mass is 9.96. The van der Waals surface area contributed by atoms with Crippen molar-refractivity contribution in [3.8, 4) is 11.4 Å². The summed E-state index contributed by atoms with van der Waals surface area (Å²) in [6, 6.07) is 4.76. The number of likely N-dealkylation sites (tertiary alicyclic amines) is 1. The van der Waals surface area contributed by atoms with Crippen LogP contribution in [0.3, 0.4) is 0 Å². The highest BCUT2D eigenvalue weighted by molar-refractivity contribution is 5.76. The number of piperidine rings is 1. The monoisotopic (exact) mass is 347 g/mol. The van der Waals surface area contributed by atoms with Gasteiger partial charge in [-0.1, -0.05) is 24.2 Å². The molecule has 0 spiro atoms. The molecule has 2 unspecified atom stereocenters. The third-order valence-electron chi connectivity index (χ3n) is 4.72. The maximum atomic E-state index is 13.6. The summed E-state index contributed by atoms with van der Waals surface area (Å²) in [4.78, 5) is 18.2. The molecule has 2 heterocycles. The summed E-state index contributed by atoms with van der Waals surface area (Å²) in [6.07, 6.45) is 0.897. The minimum absolute atomic E-state index is 0.0351. The van der Waals surface area contributed by atoms with Gasteiger partial charge in [0.1, 0.15) is 5.82 Å². The van der Waals surface area contributed by atoms with E-state index >= 15 is 0 Å². The second-order valence-corrected chi connectivity index (χ2v) is 6.65. The second kappa shape index (κ2) is 7.31. The van der Waals surface area contributed by atoms with Gasteiger partial charge in [-0.25, -0.2) is 4.39 Å². The smallest absolute Gasteiger partial charge is 0.227 e. The summed E-state index contributed by atoms with van der Waals surface area (Å²) in [5, 5.41) is 13.7. The van der Waals surface area contributed by atoms with Crippen LogP contribution in [-0.2, 0) is 11.2 Å². The number of carbonyl (C=O) groups is 1. The molecule has 0 bridgehead atoms. The highest BCUT2D eigenvalue weighted by Gasteiger charge is 2.27. The number of aliphatic hydroxyl groups is 1. The van der Waals surface area contributed by atoms with E-state index in [-0.39, 0.29) is 24.1 Å². The third-order valence-corrected chi connectivity index (χ3v) is 4.72. The first kappa shape index (κ1) is 17.5. The van der Waals surface area contributed by atoms with Crippen LogP contribution in [-0.4, -0.2) is 45.2 Å². The Hall–Kier alpha value is -2.28. The van der Waals surface area contributed by atoms with Crippen LogP contribution in [0.1, 0.15) is 31.2 Å². The number of hydrogen-bond donors (Lipinski definition) is 1. The predicted octanol–water partition coefficient (Wildman–Crippen LogP) is 2.35. The van der Waals surface area contributed by atoms with Gasteiger partial charge in [0.25, 0.3) is 0 Å². The normalized spacial score (nSPS) is 20.7. The quantitative estimate of drug-likeness (QED) is 0.918. The molecule has 1 fully saturated rings. The van der Waals surface area contributed by atoms with Gasteiger partial charge in [-0.15, -0.1) is 0 Å². The summed E-state index contributed by atoms with van der Waals surface area (Å²) in [7, 11) is 0. The van der Waals surface area contributed by atoms with Crippen LogP contribution in [0, 0.1) is 18.7 Å². The van der Waals surface area contributed by atoms with E-state index in [0.29, 0.717) is 42.4 Å². The van der Waals surface area contributed by atoms with Gasteiger partial charge in [0.15, 0.2) is 0 Å². The van der Waals surface area contributed by atoms with Crippen LogP contribution in [0.2, 0.25) is 0 Å². The zero-order chi connectivity index (χ0) is 18.0. The van der Waals surface area contributed by atoms with Crippen molar-refractivity contribution in [3.05, 3.63) is 35.5 Å². The molecule has 25 heavy (non-hydrogen) atoms. The average molecular weight is 347 g/mol. The number of aromatic nitrogens is 2. The van der Waals surface area contributed by atoms with Crippen molar-refractivity contribution in [1.29, 1.82) is 0 Å². The van der Waals surface area contributed by atoms with E-state index in [2.05, 4.69) is 10.1 Å². The number of amides is 1. The first-order valence-corrected chi connectivity index (χ1v) is 8.49. The van der Waals surface area contributed by atoms with Crippen molar-refractivity contribution < 1.29 is 18.8 Å². The lowest BCUT2D eigenvalue weighted by Crippen LogP contribution is -2.45. The van der Waals surface area contributed by atoms with Crippen LogP contribution in [0.5, 0.6) is 0 Å². The molecule has 1 aromatic heterocycles. The number of hydrogen-bond acceptors (Lipinski definition) is 5. The summed E-state index contributed by atoms with van der Waals surface area (Å²) in [6.45, 7) is 4.71. The molecule has 2 aromatic rings. The number of halogens is 1. The molecule has 1 N–H and O–H groups in total. The fourth-order valence-corrected chi connectivity index (χ4v) is 2.85. The molecule has 2 atom stereocenters. The maximum Gasteiger partial charge on any atom is 0.227 e. The second-order valence-electron chi connectivity index (χ2n) is 6.65. The Labute approximate surface area is 145 Å². The van der Waals surface area contributed by atoms with Crippen molar-refractivity contribution in [2.75, 3.05) is 13.1 Å². The molecule has 3 rings (SSSR count). The van der Waals surface area contributed by atoms with Gasteiger partial charge < -0.3 is 14.5 Å². The number of rotatable bonds is 4. The standard InChI is InChI=1S/C18H22FN3O3/c1-11-3-4-13(9-14(11)19)18-20-16(25-21-18)5-6-17(24)22-8-7-12(2)15(23)10-22/h3-4,9,12,15,23H,5-8,10H2,1-2H3. The van der Waals surface area contributed by atoms with E-state index < -0.39 is 6.10 Å². The molecule has 6 nitrogen and oxygen atoms in total. The van der Waals surface area contributed by atoms with E-state index in [0.717, 1.165) is 6.42 Å². The van der Waals surface area contributed by atoms with Crippen LogP contribution in [0.25, 0.3) is 11.4 Å². The fourth-order valence-electron chi connectivity index (χ4n) is 2.85. The largest absolute Gasteiger partial charge is 0.391 e. The average Bonchev–Trinajstić information content (AvgIpc) is 3.06. The lowest BCUT2D eigenvalue weighted by molar-refractivity contribution is -0.135. The first-order valence-electron chi connectivity index (χ1n) is 8.49. The van der Waals surface area contributed by atoms with Crippen molar-refractivity contribution in [3.63, 3.8) is 0 Å². The van der Waals surface area contributed by atoms with Gasteiger partial charge in [-0.2, -0.15) is 4.98 Å². The Balaban J connectivity index is 1.58. The zero-order valence-corrected chi connectivity index (χ0v) is 14.4. The van der Waals surface area contributed by atoms with Crippen LogP contribution in [0.4, 0.5) is 4.39 Å². The molecule has 1 amide bonds. The van der Waals surface area contributed by atoms with Gasteiger partial charge in [0, 0.05) is 31.5 Å². The van der Waals surface area contributed by atoms with E-state index in [1.165, 1.54) is 6.07 Å². The molecule has 1 aliphatic rings. The predicted molar refractivity (Wildman–Crippen MR) is 89.1 cm³/mol. The van der Waals surface area contributed by atoms with Gasteiger partial charge in [0.05, 0.1) is 6.10 Å². The summed E-state index contributed by atoms with van der Waals surface area (Å²) in [5.41, 5.74) is 1.09. The number of carbonyl (C=O) groups excluding carboxylic acids is 1. The van der Waals surface area contributed by atoms with Crippen LogP contribution in [0.15, 0.2) is 22.7 Å². The molecule has 1 aromatic carbocycles. The minimum atomic E-state index is -0.468. The topological polar surface area (TPSA) is 79.5 Å². The number of benzene rings is 1. The number of nitrogens with zero attached hydrogens (tertiary/aromatic N) is 3. The molecule has 7 heteroatoms. The molecule has 0 saturated carbocycles. The Bertz CT molecular complexity index is 762. The lowest BCUT2D eigenvalue weighted by Gasteiger charge is -2.34. The molecular weight excluding hydrogens is 325 g/mol. The molecule has 0 aliphatic carbocycles. The molecule has 1 aliphatic heterocycles. The maximum absolute atomic E-state index is 13.6. The van der Waals surface area contributed by atoms with Crippen molar-refractivity contribution in [1.82, 2.24) is 15.0 Å². The van der Waals surface area contributed by atoms with Gasteiger partial charge >= 0.3 is 0 Å². The van der Waals surface area contributed by atoms with Gasteiger partial charge in [-0.05, 0) is 30.9 Å². The van der Waals surface area contributed by atoms with E-state index in [9.17, 15) is 14.3 Å². The SMILES string of the molecule is Cc1ccc(-c2noc(CCC(=O)N3CCC(C)C(O)C3)n2)cc1F. The Morgan fingerprint density at radius 3 is 3.00 bits per heavy atom. The molecular formula is C18H22FN3O3. The van der Waals surface area contributed by atoms with Crippen LogP contribution < -0.4 is 0 Å². The highest BCUT2D eigenvalue weighted by Crippen LogP contribution is 2.20. The van der Waals surface area contributed by atoms with Crippen LogP contribution >= 0.6 is 0 Å². The summed E-state index contributed by atoms with van der Waals surface area (Å²) in [5.74, 6) is 0.514. The van der Waals surface area contributed by atoms with Gasteiger partial charge in [-0.3, -0.25) is 4.79 Å². The molecule has 1 saturated heterocycles. The fraction of sp³-hybridized carbons (Fsp3) is 0.500.